The Bertz CT molecular complexity index is 2090. The van der Waals surface area contributed by atoms with Crippen molar-refractivity contribution in [1.29, 1.82) is 0 Å². The summed E-state index contributed by atoms with van der Waals surface area (Å²) in [5.41, 5.74) is 24.1. The van der Waals surface area contributed by atoms with Crippen molar-refractivity contribution in [2.45, 2.75) is 158 Å². The van der Waals surface area contributed by atoms with Gasteiger partial charge >= 0.3 is 398 Å². The van der Waals surface area contributed by atoms with Crippen molar-refractivity contribution in [2.75, 3.05) is 0 Å². The second-order valence-corrected chi connectivity index (χ2v) is 38.8. The van der Waals surface area contributed by atoms with E-state index in [1.54, 1.807) is 6.54 Å². The molecular formula is C60H74Bi2. The van der Waals surface area contributed by atoms with Gasteiger partial charge in [-0.25, -0.2) is 0 Å². The van der Waals surface area contributed by atoms with Crippen molar-refractivity contribution in [3.8, 4) is 44.5 Å². The number of benzene rings is 6. The van der Waals surface area contributed by atoms with Gasteiger partial charge in [0.2, 0.25) is 0 Å². The maximum atomic E-state index is 2.53. The molecule has 0 nitrogen and oxygen atoms in total. The summed E-state index contributed by atoms with van der Waals surface area (Å²) >= 11 is -2.78. The summed E-state index contributed by atoms with van der Waals surface area (Å²) in [6.45, 7) is 38.4. The van der Waals surface area contributed by atoms with Crippen LogP contribution < -0.4 is 6.54 Å². The van der Waals surface area contributed by atoms with E-state index in [-0.39, 0.29) is 0 Å². The zero-order chi connectivity index (χ0) is 45.2. The molecule has 0 unspecified atom stereocenters. The van der Waals surface area contributed by atoms with Gasteiger partial charge in [0.15, 0.2) is 0 Å². The molecule has 0 N–H and O–H groups in total. The molecule has 0 amide bonds. The van der Waals surface area contributed by atoms with Crippen LogP contribution >= 0.6 is 0 Å². The van der Waals surface area contributed by atoms with Crippen LogP contribution in [-0.4, -0.2) is 35.6 Å². The molecule has 0 aliphatic carbocycles. The van der Waals surface area contributed by atoms with E-state index in [4.69, 9.17) is 0 Å². The SMILES string of the molecule is CC(C)c1cccc(C(C)C)c1-c1cccc(-c2c(C(C)C)cccc2C(C)C)[c]1[Bi]=[Bi][c]1c(-c2c(C(C)C)cccc2C(C)C)cccc1-c1c(C(C)C)cccc1C(C)C. The van der Waals surface area contributed by atoms with Gasteiger partial charge in [-0.15, -0.1) is 0 Å². The molecule has 0 fully saturated rings. The Kier molecular flexibility index (Phi) is 16.4. The summed E-state index contributed by atoms with van der Waals surface area (Å²) in [7, 11) is 0. The quantitative estimate of drug-likeness (QED) is 0.0954. The zero-order valence-electron chi connectivity index (χ0n) is 40.9. The van der Waals surface area contributed by atoms with Gasteiger partial charge in [-0.05, 0) is 0 Å². The number of rotatable bonds is 14. The maximum absolute atomic E-state index is 2.53. The molecule has 0 bridgehead atoms. The van der Waals surface area contributed by atoms with E-state index in [0.717, 1.165) is 0 Å². The predicted molar refractivity (Wildman–Crippen MR) is 278 cm³/mol. The fourth-order valence-corrected chi connectivity index (χ4v) is 36.5. The van der Waals surface area contributed by atoms with Gasteiger partial charge in [-0.3, -0.25) is 0 Å². The number of hydrogen-bond donors (Lipinski definition) is 0. The normalized spacial score (nSPS) is 12.3. The van der Waals surface area contributed by atoms with Gasteiger partial charge in [-0.2, -0.15) is 0 Å². The Balaban J connectivity index is 1.86. The third-order valence-corrected chi connectivity index (χ3v) is 35.6. The molecule has 0 aliphatic heterocycles. The van der Waals surface area contributed by atoms with Crippen LogP contribution in [0.4, 0.5) is 0 Å². The Hall–Kier alpha value is -2.91. The van der Waals surface area contributed by atoms with Crippen LogP contribution in [0, 0.1) is 0 Å². The van der Waals surface area contributed by atoms with Crippen molar-refractivity contribution in [2.24, 2.45) is 0 Å². The third-order valence-electron chi connectivity index (χ3n) is 12.9. The molecule has 0 saturated heterocycles. The fraction of sp³-hybridized carbons (Fsp3) is 0.400. The van der Waals surface area contributed by atoms with E-state index in [2.05, 4.69) is 220 Å². The van der Waals surface area contributed by atoms with Crippen molar-refractivity contribution in [1.82, 2.24) is 0 Å². The molecule has 62 heavy (non-hydrogen) atoms. The average molecular weight is 1210 g/mol. The summed E-state index contributed by atoms with van der Waals surface area (Å²) in [5.74, 6) is 3.43. The molecule has 6 rings (SSSR count). The first-order valence-electron chi connectivity index (χ1n) is 23.7. The molecule has 0 radical (unpaired) electrons. The molecule has 0 aromatic heterocycles. The van der Waals surface area contributed by atoms with Crippen molar-refractivity contribution in [3.63, 3.8) is 0 Å². The van der Waals surface area contributed by atoms with E-state index in [9.17, 15) is 0 Å². The van der Waals surface area contributed by atoms with Gasteiger partial charge in [0.25, 0.3) is 0 Å². The third kappa shape index (κ3) is 9.99. The second-order valence-electron chi connectivity index (χ2n) is 20.1. The van der Waals surface area contributed by atoms with E-state index in [0.29, 0.717) is 47.3 Å². The molecule has 0 aliphatic rings. The first kappa shape index (κ1) is 48.5. The first-order chi connectivity index (χ1) is 29.5. The molecule has 0 atom stereocenters. The minimum absolute atomic E-state index is 0.429. The minimum atomic E-state index is -1.39. The van der Waals surface area contributed by atoms with Gasteiger partial charge in [0, 0.05) is 0 Å². The molecule has 6 aromatic rings. The van der Waals surface area contributed by atoms with Gasteiger partial charge in [-0.1, -0.05) is 0 Å². The van der Waals surface area contributed by atoms with Gasteiger partial charge in [0.05, 0.1) is 0 Å². The Morgan fingerprint density at radius 2 is 0.371 bits per heavy atom. The van der Waals surface area contributed by atoms with E-state index >= 15 is 0 Å². The van der Waals surface area contributed by atoms with Crippen LogP contribution in [0.25, 0.3) is 44.5 Å². The van der Waals surface area contributed by atoms with E-state index in [1.807, 2.05) is 0 Å². The fourth-order valence-electron chi connectivity index (χ4n) is 9.66. The second kappa shape index (κ2) is 20.9. The van der Waals surface area contributed by atoms with Gasteiger partial charge in [0.1, 0.15) is 0 Å². The Morgan fingerprint density at radius 3 is 0.516 bits per heavy atom. The van der Waals surface area contributed by atoms with Crippen LogP contribution in [0.2, 0.25) is 0 Å². The molecule has 324 valence electrons. The average Bonchev–Trinajstić information content (AvgIpc) is 3.23. The molecule has 6 aromatic carbocycles. The summed E-state index contributed by atoms with van der Waals surface area (Å²) in [6.07, 6.45) is 0. The molecule has 0 heterocycles. The predicted octanol–water partition coefficient (Wildman–Crippen LogP) is 16.6. The van der Waals surface area contributed by atoms with Crippen LogP contribution in [0.5, 0.6) is 0 Å². The summed E-state index contributed by atoms with van der Waals surface area (Å²) in [6, 6.07) is 43.7. The number of hydrogen-bond acceptors (Lipinski definition) is 0. The Morgan fingerprint density at radius 1 is 0.226 bits per heavy atom. The monoisotopic (exact) mass is 1210 g/mol. The molecule has 0 spiro atoms. The van der Waals surface area contributed by atoms with Crippen LogP contribution in [-0.2, 0) is 0 Å². The van der Waals surface area contributed by atoms with Crippen molar-refractivity contribution < 1.29 is 0 Å². The molecule has 2 heteroatoms. The topological polar surface area (TPSA) is 0 Å². The van der Waals surface area contributed by atoms with Crippen LogP contribution in [0.15, 0.2) is 109 Å². The van der Waals surface area contributed by atoms with Crippen LogP contribution in [0.3, 0.4) is 0 Å². The van der Waals surface area contributed by atoms with Gasteiger partial charge < -0.3 is 0 Å². The van der Waals surface area contributed by atoms with Crippen LogP contribution in [0.1, 0.15) is 203 Å². The first-order valence-corrected chi connectivity index (χ1v) is 42.3. The van der Waals surface area contributed by atoms with E-state index in [1.165, 1.54) is 89.0 Å². The van der Waals surface area contributed by atoms with E-state index < -0.39 is 35.6 Å². The zero-order valence-corrected chi connectivity index (χ0v) is 47.9. The molecular weight excluding hydrogens is 1140 g/mol. The van der Waals surface area contributed by atoms with Crippen molar-refractivity contribution >= 4 is 42.1 Å². The Labute approximate surface area is 395 Å². The van der Waals surface area contributed by atoms with Crippen molar-refractivity contribution in [3.05, 3.63) is 154 Å². The summed E-state index contributed by atoms with van der Waals surface area (Å²) in [5, 5.41) is 0. The standard InChI is InChI=1S/2C30H37.2Bi/c2*1-19(2)25-14-10-15-26(20(3)4)29(25)23-12-9-13-24(18-23)30-27(21(5)6)16-11-17-28(30)22(7)8;;/h2*9-17,19-22H,1-8H3;;. The molecule has 0 saturated carbocycles. The summed E-state index contributed by atoms with van der Waals surface area (Å²) < 4.78 is 3.47. The summed E-state index contributed by atoms with van der Waals surface area (Å²) in [4.78, 5) is 0.